The van der Waals surface area contributed by atoms with Crippen molar-refractivity contribution in [2.75, 3.05) is 31.6 Å². The van der Waals surface area contributed by atoms with E-state index in [1.165, 1.54) is 18.2 Å². The van der Waals surface area contributed by atoms with Crippen LogP contribution in [-0.2, 0) is 25.7 Å². The Morgan fingerprint density at radius 1 is 1.18 bits per heavy atom. The van der Waals surface area contributed by atoms with Crippen molar-refractivity contribution in [3.63, 3.8) is 0 Å². The average Bonchev–Trinajstić information content (AvgIpc) is 3.38. The lowest BCUT2D eigenvalue weighted by Gasteiger charge is -2.31. The molecule has 3 rings (SSSR count). The van der Waals surface area contributed by atoms with Gasteiger partial charge in [0.1, 0.15) is 5.76 Å². The average molecular weight is 456 g/mol. The summed E-state index contributed by atoms with van der Waals surface area (Å²) >= 11 is 0. The van der Waals surface area contributed by atoms with Crippen LogP contribution < -0.4 is 10.2 Å². The van der Waals surface area contributed by atoms with Crippen molar-refractivity contribution in [2.45, 2.75) is 32.7 Å². The van der Waals surface area contributed by atoms with Gasteiger partial charge < -0.3 is 24.3 Å². The first-order valence-electron chi connectivity index (χ1n) is 11.0. The van der Waals surface area contributed by atoms with Crippen molar-refractivity contribution >= 4 is 29.4 Å². The number of amides is 3. The maximum absolute atomic E-state index is 12.7. The second kappa shape index (κ2) is 11.3. The molecule has 9 nitrogen and oxygen atoms in total. The lowest BCUT2D eigenvalue weighted by molar-refractivity contribution is -0.154. The number of carbonyl (C=O) groups excluding carboxylic acids is 4. The summed E-state index contributed by atoms with van der Waals surface area (Å²) in [6, 6.07) is 10.2. The molecule has 0 bridgehead atoms. The molecule has 0 saturated carbocycles. The van der Waals surface area contributed by atoms with E-state index in [1.54, 1.807) is 48.2 Å². The Labute approximate surface area is 192 Å². The number of ether oxygens (including phenoxy) is 1. The molecule has 176 valence electrons. The third-order valence-electron chi connectivity index (χ3n) is 5.64. The van der Waals surface area contributed by atoms with Gasteiger partial charge >= 0.3 is 5.97 Å². The van der Waals surface area contributed by atoms with E-state index in [2.05, 4.69) is 5.32 Å². The highest BCUT2D eigenvalue weighted by Gasteiger charge is 2.29. The highest BCUT2D eigenvalue weighted by molar-refractivity contribution is 6.05. The van der Waals surface area contributed by atoms with Crippen molar-refractivity contribution in [1.29, 1.82) is 0 Å². The number of para-hydroxylation sites is 1. The van der Waals surface area contributed by atoms with Crippen molar-refractivity contribution in [3.05, 3.63) is 54.0 Å². The van der Waals surface area contributed by atoms with Gasteiger partial charge in [-0.1, -0.05) is 19.1 Å². The van der Waals surface area contributed by atoms with E-state index in [1.807, 2.05) is 0 Å². The number of likely N-dealkylation sites (N-methyl/N-ethyl adjacent to an activating group) is 1. The molecule has 2 heterocycles. The number of anilines is 1. The molecule has 1 saturated heterocycles. The largest absolute Gasteiger partial charge is 0.467 e. The van der Waals surface area contributed by atoms with E-state index in [0.717, 1.165) is 6.42 Å². The molecule has 0 spiro atoms. The molecule has 1 fully saturated rings. The zero-order chi connectivity index (χ0) is 23.8. The van der Waals surface area contributed by atoms with Crippen LogP contribution in [-0.4, -0.2) is 55.3 Å². The number of hydrogen-bond donors (Lipinski definition) is 1. The zero-order valence-electron chi connectivity index (χ0n) is 18.9. The second-order valence-corrected chi connectivity index (χ2v) is 7.87. The smallest absolute Gasteiger partial charge is 0.311 e. The van der Waals surface area contributed by atoms with E-state index < -0.39 is 24.4 Å². The first kappa shape index (κ1) is 24.0. The van der Waals surface area contributed by atoms with Crippen molar-refractivity contribution < 1.29 is 28.3 Å². The summed E-state index contributed by atoms with van der Waals surface area (Å²) in [5, 5.41) is 2.76. The molecule has 0 aliphatic carbocycles. The number of nitrogens with one attached hydrogen (secondary N) is 1. The van der Waals surface area contributed by atoms with Crippen LogP contribution in [0.4, 0.5) is 5.69 Å². The number of hydrogen-bond acceptors (Lipinski definition) is 6. The fourth-order valence-electron chi connectivity index (χ4n) is 3.74. The van der Waals surface area contributed by atoms with Crippen LogP contribution in [0.5, 0.6) is 0 Å². The van der Waals surface area contributed by atoms with Gasteiger partial charge in [-0.15, -0.1) is 0 Å². The van der Waals surface area contributed by atoms with Gasteiger partial charge in [0, 0.05) is 26.6 Å². The van der Waals surface area contributed by atoms with Crippen LogP contribution in [0.15, 0.2) is 47.1 Å². The highest BCUT2D eigenvalue weighted by Crippen LogP contribution is 2.21. The van der Waals surface area contributed by atoms with Crippen molar-refractivity contribution in [2.24, 2.45) is 5.92 Å². The Morgan fingerprint density at radius 3 is 2.70 bits per heavy atom. The van der Waals surface area contributed by atoms with E-state index in [0.29, 0.717) is 42.9 Å². The molecule has 1 aromatic heterocycles. The summed E-state index contributed by atoms with van der Waals surface area (Å²) in [5.74, 6) is -1.14. The number of furan rings is 1. The predicted molar refractivity (Wildman–Crippen MR) is 120 cm³/mol. The molecule has 1 N–H and O–H groups in total. The first-order chi connectivity index (χ1) is 15.9. The van der Waals surface area contributed by atoms with Gasteiger partial charge in [-0.3, -0.25) is 19.2 Å². The van der Waals surface area contributed by atoms with Crippen molar-refractivity contribution in [1.82, 2.24) is 10.2 Å². The van der Waals surface area contributed by atoms with Crippen LogP contribution in [0.3, 0.4) is 0 Å². The van der Waals surface area contributed by atoms with E-state index in [9.17, 15) is 19.2 Å². The Kier molecular flexibility index (Phi) is 8.23. The molecule has 2 aromatic rings. The maximum Gasteiger partial charge on any atom is 0.311 e. The number of benzene rings is 1. The van der Waals surface area contributed by atoms with E-state index in [4.69, 9.17) is 9.15 Å². The monoisotopic (exact) mass is 455 g/mol. The van der Waals surface area contributed by atoms with E-state index >= 15 is 0 Å². The Balaban J connectivity index is 1.57. The number of piperidine rings is 1. The molecule has 0 radical (unpaired) electrons. The normalized spacial score (nSPS) is 15.6. The standard InChI is InChI=1S/C24H29N3O6/c1-3-21(28)27-12-6-8-17(15-27)24(31)33-16-22(29)26(2)20-11-5-4-10-19(20)23(30)25-14-18-9-7-13-32-18/h4-5,7,9-11,13,17H,3,6,8,12,14-16H2,1-2H3,(H,25,30). The molecule has 3 amide bonds. The molecule has 1 atom stereocenters. The van der Waals surface area contributed by atoms with Gasteiger partial charge in [0.2, 0.25) is 5.91 Å². The van der Waals surface area contributed by atoms with Gasteiger partial charge in [-0.2, -0.15) is 0 Å². The van der Waals surface area contributed by atoms with Crippen molar-refractivity contribution in [3.8, 4) is 0 Å². The molecule has 9 heteroatoms. The summed E-state index contributed by atoms with van der Waals surface area (Å²) in [6.45, 7) is 2.50. The molecule has 1 aliphatic heterocycles. The van der Waals surface area contributed by atoms with E-state index in [-0.39, 0.29) is 18.4 Å². The fourth-order valence-corrected chi connectivity index (χ4v) is 3.74. The minimum Gasteiger partial charge on any atom is -0.467 e. The minimum atomic E-state index is -0.491. The minimum absolute atomic E-state index is 0.00485. The number of nitrogens with zero attached hydrogens (tertiary/aromatic N) is 2. The molecule has 1 aliphatic rings. The number of carbonyl (C=O) groups is 4. The topological polar surface area (TPSA) is 109 Å². The predicted octanol–water partition coefficient (Wildman–Crippen LogP) is 2.36. The van der Waals surface area contributed by atoms with Crippen LogP contribution >= 0.6 is 0 Å². The van der Waals surface area contributed by atoms with Gasteiger partial charge in [0.15, 0.2) is 6.61 Å². The quantitative estimate of drug-likeness (QED) is 0.612. The van der Waals surface area contributed by atoms with Crippen LogP contribution in [0, 0.1) is 5.92 Å². The van der Waals surface area contributed by atoms with Crippen LogP contribution in [0.25, 0.3) is 0 Å². The van der Waals surface area contributed by atoms with Gasteiger partial charge in [-0.25, -0.2) is 0 Å². The maximum atomic E-state index is 12.7. The second-order valence-electron chi connectivity index (χ2n) is 7.87. The van der Waals surface area contributed by atoms with Gasteiger partial charge in [0.05, 0.1) is 30.0 Å². The lowest BCUT2D eigenvalue weighted by Crippen LogP contribution is -2.43. The summed E-state index contributed by atoms with van der Waals surface area (Å²) in [4.78, 5) is 52.7. The van der Waals surface area contributed by atoms with Crippen LogP contribution in [0.2, 0.25) is 0 Å². The Morgan fingerprint density at radius 2 is 1.97 bits per heavy atom. The highest BCUT2D eigenvalue weighted by atomic mass is 16.5. The third-order valence-corrected chi connectivity index (χ3v) is 5.64. The molecule has 33 heavy (non-hydrogen) atoms. The molecular weight excluding hydrogens is 426 g/mol. The first-order valence-corrected chi connectivity index (χ1v) is 11.0. The number of esters is 1. The molecule has 1 unspecified atom stereocenters. The Bertz CT molecular complexity index is 988. The summed E-state index contributed by atoms with van der Waals surface area (Å²) in [5.41, 5.74) is 0.708. The number of rotatable bonds is 8. The van der Waals surface area contributed by atoms with Gasteiger partial charge in [0.25, 0.3) is 11.8 Å². The SMILES string of the molecule is CCC(=O)N1CCCC(C(=O)OCC(=O)N(C)c2ccccc2C(=O)NCc2ccco2)C1. The van der Waals surface area contributed by atoms with Crippen LogP contribution in [0.1, 0.15) is 42.3 Å². The molecule has 1 aromatic carbocycles. The van der Waals surface area contributed by atoms with Gasteiger partial charge in [-0.05, 0) is 37.1 Å². The Hall–Kier alpha value is -3.62. The summed E-state index contributed by atoms with van der Waals surface area (Å²) < 4.78 is 10.5. The summed E-state index contributed by atoms with van der Waals surface area (Å²) in [6.07, 6.45) is 3.25. The third kappa shape index (κ3) is 6.21. The fraction of sp³-hybridized carbons (Fsp3) is 0.417. The summed E-state index contributed by atoms with van der Waals surface area (Å²) in [7, 11) is 1.52. The molecular formula is C24H29N3O6. The lowest BCUT2D eigenvalue weighted by atomic mass is 9.98. The number of likely N-dealkylation sites (tertiary alicyclic amines) is 1. The zero-order valence-corrected chi connectivity index (χ0v) is 18.9.